The SMILES string of the molecule is CCn1cc(-c2cc(N)on2)cn1. The van der Waals surface area contributed by atoms with E-state index in [2.05, 4.69) is 10.3 Å². The van der Waals surface area contributed by atoms with E-state index in [9.17, 15) is 0 Å². The molecule has 0 amide bonds. The Hall–Kier alpha value is -1.78. The molecule has 0 radical (unpaired) electrons. The molecule has 13 heavy (non-hydrogen) atoms. The Bertz CT molecular complexity index is 404. The van der Waals surface area contributed by atoms with Crippen LogP contribution in [-0.2, 0) is 6.54 Å². The summed E-state index contributed by atoms with van der Waals surface area (Å²) in [6.07, 6.45) is 3.64. The van der Waals surface area contributed by atoms with Gasteiger partial charge in [0.1, 0.15) is 5.69 Å². The average molecular weight is 178 g/mol. The third-order valence-corrected chi connectivity index (χ3v) is 1.78. The largest absolute Gasteiger partial charge is 0.368 e. The molecule has 0 unspecified atom stereocenters. The zero-order valence-corrected chi connectivity index (χ0v) is 7.27. The lowest BCUT2D eigenvalue weighted by molar-refractivity contribution is 0.439. The molecule has 0 spiro atoms. The van der Waals surface area contributed by atoms with E-state index in [0.29, 0.717) is 5.88 Å². The summed E-state index contributed by atoms with van der Waals surface area (Å²) in [5, 5.41) is 7.89. The Kier molecular flexibility index (Phi) is 1.77. The van der Waals surface area contributed by atoms with E-state index >= 15 is 0 Å². The number of nitrogen functional groups attached to an aromatic ring is 1. The van der Waals surface area contributed by atoms with E-state index in [1.807, 2.05) is 17.8 Å². The maximum Gasteiger partial charge on any atom is 0.222 e. The summed E-state index contributed by atoms with van der Waals surface area (Å²) in [7, 11) is 0. The molecule has 0 atom stereocenters. The minimum absolute atomic E-state index is 0.319. The van der Waals surface area contributed by atoms with Gasteiger partial charge in [0, 0.05) is 24.4 Å². The highest BCUT2D eigenvalue weighted by Gasteiger charge is 2.05. The lowest BCUT2D eigenvalue weighted by atomic mass is 10.2. The number of aromatic nitrogens is 3. The van der Waals surface area contributed by atoms with Crippen LogP contribution in [0.5, 0.6) is 0 Å². The van der Waals surface area contributed by atoms with Crippen LogP contribution >= 0.6 is 0 Å². The van der Waals surface area contributed by atoms with Gasteiger partial charge >= 0.3 is 0 Å². The minimum Gasteiger partial charge on any atom is -0.368 e. The van der Waals surface area contributed by atoms with Crippen LogP contribution in [0.3, 0.4) is 0 Å². The van der Waals surface area contributed by atoms with Crippen LogP contribution in [0.15, 0.2) is 23.0 Å². The summed E-state index contributed by atoms with van der Waals surface area (Å²) in [5.41, 5.74) is 7.04. The summed E-state index contributed by atoms with van der Waals surface area (Å²) in [6.45, 7) is 2.86. The van der Waals surface area contributed by atoms with Gasteiger partial charge in [0.25, 0.3) is 0 Å². The fourth-order valence-corrected chi connectivity index (χ4v) is 1.09. The maximum atomic E-state index is 5.40. The Morgan fingerprint density at radius 1 is 1.62 bits per heavy atom. The van der Waals surface area contributed by atoms with Crippen LogP contribution < -0.4 is 5.73 Å². The van der Waals surface area contributed by atoms with Crippen LogP contribution in [0, 0.1) is 0 Å². The molecule has 5 heteroatoms. The number of rotatable bonds is 2. The highest BCUT2D eigenvalue weighted by Crippen LogP contribution is 2.18. The van der Waals surface area contributed by atoms with Gasteiger partial charge in [-0.3, -0.25) is 4.68 Å². The molecule has 0 saturated carbocycles. The van der Waals surface area contributed by atoms with Crippen molar-refractivity contribution in [3.05, 3.63) is 18.5 Å². The van der Waals surface area contributed by atoms with Crippen molar-refractivity contribution < 1.29 is 4.52 Å². The van der Waals surface area contributed by atoms with Crippen molar-refractivity contribution in [1.82, 2.24) is 14.9 Å². The normalized spacial score (nSPS) is 10.5. The Balaban J connectivity index is 2.35. The molecule has 2 N–H and O–H groups in total. The molecular formula is C8H10N4O. The Labute approximate surface area is 75.1 Å². The number of hydrogen-bond donors (Lipinski definition) is 1. The number of aryl methyl sites for hydroxylation is 1. The molecule has 0 aromatic carbocycles. The van der Waals surface area contributed by atoms with Crippen LogP contribution in [0.1, 0.15) is 6.92 Å². The zero-order valence-electron chi connectivity index (χ0n) is 7.27. The first-order chi connectivity index (χ1) is 6.29. The van der Waals surface area contributed by atoms with Gasteiger partial charge in [-0.1, -0.05) is 5.16 Å². The molecule has 0 aliphatic heterocycles. The van der Waals surface area contributed by atoms with Gasteiger partial charge in [-0.25, -0.2) is 0 Å². The van der Waals surface area contributed by atoms with E-state index in [0.717, 1.165) is 17.8 Å². The number of nitrogens with two attached hydrogens (primary N) is 1. The van der Waals surface area contributed by atoms with Gasteiger partial charge in [0.15, 0.2) is 0 Å². The van der Waals surface area contributed by atoms with Crippen molar-refractivity contribution >= 4 is 5.88 Å². The van der Waals surface area contributed by atoms with Crippen LogP contribution in [0.2, 0.25) is 0 Å². The molecule has 0 bridgehead atoms. The van der Waals surface area contributed by atoms with Gasteiger partial charge in [-0.2, -0.15) is 5.10 Å². The first-order valence-electron chi connectivity index (χ1n) is 4.04. The standard InChI is InChI=1S/C8H10N4O/c1-2-12-5-6(4-10-12)7-3-8(9)13-11-7/h3-5H,2,9H2,1H3. The van der Waals surface area contributed by atoms with Gasteiger partial charge < -0.3 is 10.3 Å². The van der Waals surface area contributed by atoms with Gasteiger partial charge in [-0.15, -0.1) is 0 Å². The van der Waals surface area contributed by atoms with E-state index in [4.69, 9.17) is 10.3 Å². The first kappa shape index (κ1) is 7.85. The van der Waals surface area contributed by atoms with Crippen molar-refractivity contribution in [1.29, 1.82) is 0 Å². The lowest BCUT2D eigenvalue weighted by Gasteiger charge is -1.89. The predicted molar refractivity (Wildman–Crippen MR) is 47.8 cm³/mol. The molecule has 0 aliphatic carbocycles. The molecule has 0 fully saturated rings. The van der Waals surface area contributed by atoms with Crippen molar-refractivity contribution in [3.8, 4) is 11.3 Å². The minimum atomic E-state index is 0.319. The molecule has 2 aromatic rings. The van der Waals surface area contributed by atoms with E-state index in [1.54, 1.807) is 12.3 Å². The third-order valence-electron chi connectivity index (χ3n) is 1.78. The van der Waals surface area contributed by atoms with Gasteiger partial charge in [0.2, 0.25) is 5.88 Å². The summed E-state index contributed by atoms with van der Waals surface area (Å²) in [6, 6.07) is 1.68. The highest BCUT2D eigenvalue weighted by atomic mass is 16.5. The monoisotopic (exact) mass is 178 g/mol. The van der Waals surface area contributed by atoms with Crippen LogP contribution in [0.4, 0.5) is 5.88 Å². The fraction of sp³-hybridized carbons (Fsp3) is 0.250. The quantitative estimate of drug-likeness (QED) is 0.748. The summed E-state index contributed by atoms with van der Waals surface area (Å²) < 4.78 is 6.57. The van der Waals surface area contributed by atoms with Crippen molar-refractivity contribution in [2.75, 3.05) is 5.73 Å². The van der Waals surface area contributed by atoms with Crippen LogP contribution in [0.25, 0.3) is 11.3 Å². The second-order valence-electron chi connectivity index (χ2n) is 2.70. The lowest BCUT2D eigenvalue weighted by Crippen LogP contribution is -1.91. The van der Waals surface area contributed by atoms with Crippen LogP contribution in [-0.4, -0.2) is 14.9 Å². The molecule has 2 heterocycles. The molecule has 2 aromatic heterocycles. The average Bonchev–Trinajstić information content (AvgIpc) is 2.71. The predicted octanol–water partition coefficient (Wildman–Crippen LogP) is 1.14. The third kappa shape index (κ3) is 1.40. The molecule has 5 nitrogen and oxygen atoms in total. The number of hydrogen-bond acceptors (Lipinski definition) is 4. The van der Waals surface area contributed by atoms with E-state index in [1.165, 1.54) is 0 Å². The van der Waals surface area contributed by atoms with Crippen molar-refractivity contribution in [3.63, 3.8) is 0 Å². The highest BCUT2D eigenvalue weighted by molar-refractivity contribution is 5.58. The van der Waals surface area contributed by atoms with Gasteiger partial charge in [0.05, 0.1) is 6.20 Å². The summed E-state index contributed by atoms with van der Waals surface area (Å²) in [4.78, 5) is 0. The molecule has 0 aliphatic rings. The van der Waals surface area contributed by atoms with Crippen molar-refractivity contribution in [2.45, 2.75) is 13.5 Å². The zero-order chi connectivity index (χ0) is 9.26. The van der Waals surface area contributed by atoms with E-state index in [-0.39, 0.29) is 0 Å². The fourth-order valence-electron chi connectivity index (χ4n) is 1.09. The number of nitrogens with zero attached hydrogens (tertiary/aromatic N) is 3. The molecule has 68 valence electrons. The number of anilines is 1. The second-order valence-corrected chi connectivity index (χ2v) is 2.70. The second kappa shape index (κ2) is 2.93. The topological polar surface area (TPSA) is 69.9 Å². The summed E-state index contributed by atoms with van der Waals surface area (Å²) >= 11 is 0. The summed E-state index contributed by atoms with van der Waals surface area (Å²) in [5.74, 6) is 0.319. The Morgan fingerprint density at radius 2 is 2.46 bits per heavy atom. The first-order valence-corrected chi connectivity index (χ1v) is 4.04. The molecule has 2 rings (SSSR count). The maximum absolute atomic E-state index is 5.40. The molecular weight excluding hydrogens is 168 g/mol. The Morgan fingerprint density at radius 3 is 3.00 bits per heavy atom. The van der Waals surface area contributed by atoms with Gasteiger partial charge in [-0.05, 0) is 6.92 Å². The van der Waals surface area contributed by atoms with E-state index < -0.39 is 0 Å². The van der Waals surface area contributed by atoms with Crippen molar-refractivity contribution in [2.24, 2.45) is 0 Å². The molecule has 0 saturated heterocycles. The smallest absolute Gasteiger partial charge is 0.222 e.